The summed E-state index contributed by atoms with van der Waals surface area (Å²) in [6.45, 7) is 3.14. The molecular weight excluding hydrogens is 404 g/mol. The van der Waals surface area contributed by atoms with E-state index in [9.17, 15) is 0 Å². The quantitative estimate of drug-likeness (QED) is 0.288. The van der Waals surface area contributed by atoms with Crippen LogP contribution in [0.5, 0.6) is 5.75 Å². The number of ether oxygens (including phenoxy) is 1. The highest BCUT2D eigenvalue weighted by atomic mass is 16.5. The van der Waals surface area contributed by atoms with E-state index in [0.717, 1.165) is 40.0 Å². The van der Waals surface area contributed by atoms with E-state index in [1.165, 1.54) is 27.4 Å². The van der Waals surface area contributed by atoms with Gasteiger partial charge in [0.05, 0.1) is 18.3 Å². The van der Waals surface area contributed by atoms with Crippen LogP contribution in [-0.4, -0.2) is 16.7 Å². The van der Waals surface area contributed by atoms with Crippen LogP contribution in [0.4, 0.5) is 0 Å². The number of methoxy groups -OCH3 is 1. The van der Waals surface area contributed by atoms with Crippen molar-refractivity contribution in [3.05, 3.63) is 97.1 Å². The molecule has 4 aromatic carbocycles. The second-order valence-corrected chi connectivity index (χ2v) is 8.29. The third-order valence-electron chi connectivity index (χ3n) is 6.50. The first-order valence-electron chi connectivity index (χ1n) is 11.3. The normalized spacial score (nSPS) is 11.5. The number of hydrogen-bond donors (Lipinski definition) is 0. The van der Waals surface area contributed by atoms with E-state index in [2.05, 4.69) is 96.4 Å². The molecule has 0 aliphatic heterocycles. The Hall–Kier alpha value is -4.11. The Balaban J connectivity index is 1.59. The molecule has 0 unspecified atom stereocenters. The van der Waals surface area contributed by atoms with E-state index in [0.29, 0.717) is 0 Å². The lowest BCUT2D eigenvalue weighted by Crippen LogP contribution is -1.93. The van der Waals surface area contributed by atoms with Crippen molar-refractivity contribution in [2.75, 3.05) is 7.11 Å². The smallest absolute Gasteiger partial charge is 0.118 e. The van der Waals surface area contributed by atoms with Gasteiger partial charge in [0.15, 0.2) is 0 Å². The Labute approximate surface area is 192 Å². The topological polar surface area (TPSA) is 27.1 Å². The Morgan fingerprint density at radius 1 is 0.697 bits per heavy atom. The van der Waals surface area contributed by atoms with Gasteiger partial charge in [-0.3, -0.25) is 0 Å². The van der Waals surface area contributed by atoms with Crippen LogP contribution in [0.15, 0.2) is 97.1 Å². The summed E-state index contributed by atoms with van der Waals surface area (Å²) < 4.78 is 7.74. The van der Waals surface area contributed by atoms with Crippen LogP contribution in [0.1, 0.15) is 6.92 Å². The molecule has 2 heterocycles. The molecule has 0 aliphatic rings. The highest BCUT2D eigenvalue weighted by molar-refractivity contribution is 6.09. The van der Waals surface area contributed by atoms with Gasteiger partial charge in [0.1, 0.15) is 5.75 Å². The summed E-state index contributed by atoms with van der Waals surface area (Å²) in [7, 11) is 1.70. The standard InChI is InChI=1S/C30H24N2O/c1-3-32-29-11-7-5-9-24(29)26-18-21(14-17-30(26)32)28-19-25(20-12-15-22(33-2)16-13-20)23-8-4-6-10-27(23)31-28/h4-19H,3H2,1-2H3. The lowest BCUT2D eigenvalue weighted by molar-refractivity contribution is 0.415. The third kappa shape index (κ3) is 3.16. The molecule has 3 nitrogen and oxygen atoms in total. The van der Waals surface area contributed by atoms with E-state index in [-0.39, 0.29) is 0 Å². The van der Waals surface area contributed by atoms with Crippen LogP contribution in [-0.2, 0) is 6.54 Å². The van der Waals surface area contributed by atoms with Crippen molar-refractivity contribution in [3.8, 4) is 28.1 Å². The van der Waals surface area contributed by atoms with Gasteiger partial charge in [-0.2, -0.15) is 0 Å². The Morgan fingerprint density at radius 3 is 2.18 bits per heavy atom. The van der Waals surface area contributed by atoms with Gasteiger partial charge >= 0.3 is 0 Å². The summed E-state index contributed by atoms with van der Waals surface area (Å²) in [5.74, 6) is 0.857. The number of hydrogen-bond acceptors (Lipinski definition) is 2. The average molecular weight is 429 g/mol. The zero-order chi connectivity index (χ0) is 22.4. The Kier molecular flexibility index (Phi) is 4.62. The first-order chi connectivity index (χ1) is 16.3. The summed E-state index contributed by atoms with van der Waals surface area (Å²) in [5.41, 5.74) is 7.97. The minimum absolute atomic E-state index is 0.857. The van der Waals surface area contributed by atoms with Crippen molar-refractivity contribution in [1.29, 1.82) is 0 Å². The number of benzene rings is 4. The van der Waals surface area contributed by atoms with Crippen LogP contribution in [0.2, 0.25) is 0 Å². The number of fused-ring (bicyclic) bond motifs is 4. The molecule has 6 rings (SSSR count). The third-order valence-corrected chi connectivity index (χ3v) is 6.50. The van der Waals surface area contributed by atoms with E-state index in [4.69, 9.17) is 9.72 Å². The van der Waals surface area contributed by atoms with Crippen LogP contribution >= 0.6 is 0 Å². The summed E-state index contributed by atoms with van der Waals surface area (Å²) in [6.07, 6.45) is 0. The van der Waals surface area contributed by atoms with Crippen molar-refractivity contribution >= 4 is 32.7 Å². The van der Waals surface area contributed by atoms with Crippen molar-refractivity contribution in [1.82, 2.24) is 9.55 Å². The minimum atomic E-state index is 0.857. The largest absolute Gasteiger partial charge is 0.497 e. The molecule has 2 aromatic heterocycles. The molecule has 0 atom stereocenters. The molecule has 0 spiro atoms. The second kappa shape index (κ2) is 7.79. The van der Waals surface area contributed by atoms with E-state index < -0.39 is 0 Å². The maximum Gasteiger partial charge on any atom is 0.118 e. The zero-order valence-corrected chi connectivity index (χ0v) is 18.7. The van der Waals surface area contributed by atoms with Gasteiger partial charge in [0.2, 0.25) is 0 Å². The van der Waals surface area contributed by atoms with Crippen molar-refractivity contribution in [2.45, 2.75) is 13.5 Å². The molecule has 0 aliphatic carbocycles. The lowest BCUT2D eigenvalue weighted by atomic mass is 9.97. The fourth-order valence-corrected chi connectivity index (χ4v) is 4.89. The van der Waals surface area contributed by atoms with E-state index >= 15 is 0 Å². The molecule has 0 N–H and O–H groups in total. The molecule has 160 valence electrons. The highest BCUT2D eigenvalue weighted by Gasteiger charge is 2.13. The molecule has 0 saturated heterocycles. The van der Waals surface area contributed by atoms with E-state index in [1.807, 2.05) is 12.1 Å². The predicted molar refractivity (Wildman–Crippen MR) is 138 cm³/mol. The lowest BCUT2D eigenvalue weighted by Gasteiger charge is -2.11. The van der Waals surface area contributed by atoms with Crippen LogP contribution < -0.4 is 4.74 Å². The monoisotopic (exact) mass is 428 g/mol. The van der Waals surface area contributed by atoms with Crippen molar-refractivity contribution < 1.29 is 4.74 Å². The van der Waals surface area contributed by atoms with Crippen LogP contribution in [0.3, 0.4) is 0 Å². The van der Waals surface area contributed by atoms with Gasteiger partial charge in [0, 0.05) is 39.3 Å². The van der Waals surface area contributed by atoms with Gasteiger partial charge in [-0.05, 0) is 60.5 Å². The molecule has 0 fully saturated rings. The molecule has 0 saturated carbocycles. The second-order valence-electron chi connectivity index (χ2n) is 8.29. The SMILES string of the molecule is CCn1c2ccccc2c2cc(-c3cc(-c4ccc(OC)cc4)c4ccccc4n3)ccc21. The number of para-hydroxylation sites is 2. The highest BCUT2D eigenvalue weighted by Crippen LogP contribution is 2.36. The summed E-state index contributed by atoms with van der Waals surface area (Å²) in [4.78, 5) is 5.05. The maximum absolute atomic E-state index is 5.36. The molecule has 0 bridgehead atoms. The first-order valence-corrected chi connectivity index (χ1v) is 11.3. The molecule has 0 amide bonds. The van der Waals surface area contributed by atoms with Gasteiger partial charge < -0.3 is 9.30 Å². The molecule has 6 aromatic rings. The number of nitrogens with zero attached hydrogens (tertiary/aromatic N) is 2. The number of aromatic nitrogens is 2. The number of aryl methyl sites for hydroxylation is 1. The Bertz CT molecular complexity index is 1630. The summed E-state index contributed by atoms with van der Waals surface area (Å²) in [6, 6.07) is 34.2. The summed E-state index contributed by atoms with van der Waals surface area (Å²) >= 11 is 0. The van der Waals surface area contributed by atoms with Crippen molar-refractivity contribution in [3.63, 3.8) is 0 Å². The maximum atomic E-state index is 5.36. The molecule has 0 radical (unpaired) electrons. The predicted octanol–water partition coefficient (Wildman–Crippen LogP) is 7.71. The number of rotatable bonds is 4. The van der Waals surface area contributed by atoms with Gasteiger partial charge in [-0.1, -0.05) is 54.6 Å². The van der Waals surface area contributed by atoms with E-state index in [1.54, 1.807) is 7.11 Å². The average Bonchev–Trinajstić information content (AvgIpc) is 3.21. The Morgan fingerprint density at radius 2 is 1.39 bits per heavy atom. The van der Waals surface area contributed by atoms with Crippen LogP contribution in [0.25, 0.3) is 55.1 Å². The fourth-order valence-electron chi connectivity index (χ4n) is 4.89. The fraction of sp³-hybridized carbons (Fsp3) is 0.100. The van der Waals surface area contributed by atoms with Gasteiger partial charge in [-0.15, -0.1) is 0 Å². The first kappa shape index (κ1) is 19.6. The molecule has 3 heteroatoms. The summed E-state index contributed by atoms with van der Waals surface area (Å²) in [5, 5.41) is 3.70. The van der Waals surface area contributed by atoms with Gasteiger partial charge in [0.25, 0.3) is 0 Å². The minimum Gasteiger partial charge on any atom is -0.497 e. The van der Waals surface area contributed by atoms with Crippen LogP contribution in [0, 0.1) is 0 Å². The molecule has 33 heavy (non-hydrogen) atoms. The van der Waals surface area contributed by atoms with Gasteiger partial charge in [-0.25, -0.2) is 4.98 Å². The zero-order valence-electron chi connectivity index (χ0n) is 18.7. The number of pyridine rings is 1. The van der Waals surface area contributed by atoms with Crippen molar-refractivity contribution in [2.24, 2.45) is 0 Å². The molecular formula is C30H24N2O.